The van der Waals surface area contributed by atoms with E-state index < -0.39 is 6.03 Å². The molecule has 0 spiro atoms. The molecule has 4 aromatic rings. The lowest BCUT2D eigenvalue weighted by Gasteiger charge is -2.28. The molecule has 38 heavy (non-hydrogen) atoms. The van der Waals surface area contributed by atoms with Crippen molar-refractivity contribution in [2.24, 2.45) is 0 Å². The van der Waals surface area contributed by atoms with Gasteiger partial charge in [0, 0.05) is 43.8 Å². The average Bonchev–Trinajstić information content (AvgIpc) is 3.34. The van der Waals surface area contributed by atoms with Gasteiger partial charge in [0.25, 0.3) is 0 Å². The van der Waals surface area contributed by atoms with Gasteiger partial charge >= 0.3 is 6.03 Å². The topological polar surface area (TPSA) is 77.7 Å². The number of urea groups is 1. The zero-order chi connectivity index (χ0) is 26.9. The Labute approximate surface area is 232 Å². The number of ether oxygens (including phenoxy) is 1. The fourth-order valence-electron chi connectivity index (χ4n) is 4.21. The van der Waals surface area contributed by atoms with Gasteiger partial charge in [-0.1, -0.05) is 77.8 Å². The second-order valence-electron chi connectivity index (χ2n) is 8.85. The van der Waals surface area contributed by atoms with E-state index in [0.717, 1.165) is 22.0 Å². The first-order valence-corrected chi connectivity index (χ1v) is 13.1. The lowest BCUT2D eigenvalue weighted by Crippen LogP contribution is -2.46. The smallest absolute Gasteiger partial charge is 0.322 e. The molecule has 0 aliphatic rings. The summed E-state index contributed by atoms with van der Waals surface area (Å²) < 4.78 is 5.19. The molecule has 198 valence electrons. The van der Waals surface area contributed by atoms with Crippen LogP contribution in [0.25, 0.3) is 10.9 Å². The van der Waals surface area contributed by atoms with Crippen LogP contribution in [-0.2, 0) is 22.5 Å². The number of aromatic nitrogens is 1. The van der Waals surface area contributed by atoms with E-state index in [0.29, 0.717) is 35.2 Å². The van der Waals surface area contributed by atoms with Crippen molar-refractivity contribution in [2.75, 3.05) is 38.7 Å². The highest BCUT2D eigenvalue weighted by Crippen LogP contribution is 2.30. The molecule has 3 amide bonds. The van der Waals surface area contributed by atoms with Crippen LogP contribution in [0, 0.1) is 0 Å². The lowest BCUT2D eigenvalue weighted by atomic mass is 10.1. The third kappa shape index (κ3) is 7.07. The summed E-state index contributed by atoms with van der Waals surface area (Å²) in [6.07, 6.45) is 2.66. The van der Waals surface area contributed by atoms with Gasteiger partial charge in [0.1, 0.15) is 6.54 Å². The summed E-state index contributed by atoms with van der Waals surface area (Å²) >= 11 is 12.5. The Kier molecular flexibility index (Phi) is 9.65. The van der Waals surface area contributed by atoms with Crippen molar-refractivity contribution in [1.82, 2.24) is 14.8 Å². The number of amides is 3. The van der Waals surface area contributed by atoms with Crippen molar-refractivity contribution in [3.05, 3.63) is 100 Å². The van der Waals surface area contributed by atoms with Crippen LogP contribution in [0.2, 0.25) is 10.0 Å². The fourth-order valence-corrected chi connectivity index (χ4v) is 4.70. The fraction of sp³-hybridized carbons (Fsp3) is 0.241. The van der Waals surface area contributed by atoms with E-state index in [9.17, 15) is 9.59 Å². The molecule has 3 aromatic carbocycles. The summed E-state index contributed by atoms with van der Waals surface area (Å²) in [7, 11) is 1.55. The molecule has 0 saturated carbocycles. The van der Waals surface area contributed by atoms with Crippen molar-refractivity contribution in [3.8, 4) is 0 Å². The molecule has 0 atom stereocenters. The van der Waals surface area contributed by atoms with E-state index >= 15 is 0 Å². The predicted octanol–water partition coefficient (Wildman–Crippen LogP) is 6.23. The zero-order valence-corrected chi connectivity index (χ0v) is 22.6. The van der Waals surface area contributed by atoms with Crippen molar-refractivity contribution >= 4 is 51.7 Å². The molecule has 0 unspecified atom stereocenters. The second kappa shape index (κ2) is 13.3. The van der Waals surface area contributed by atoms with E-state index in [2.05, 4.69) is 16.4 Å². The molecule has 0 bridgehead atoms. The number of benzene rings is 3. The van der Waals surface area contributed by atoms with Crippen molar-refractivity contribution < 1.29 is 14.3 Å². The normalized spacial score (nSPS) is 10.9. The summed E-state index contributed by atoms with van der Waals surface area (Å²) in [6.45, 7) is 1.28. The van der Waals surface area contributed by atoms with Gasteiger partial charge in [-0.15, -0.1) is 0 Å². The third-order valence-corrected chi connectivity index (χ3v) is 6.90. The molecule has 2 N–H and O–H groups in total. The van der Waals surface area contributed by atoms with Gasteiger partial charge in [0.05, 0.1) is 22.3 Å². The number of carbonyl (C=O) groups excluding carboxylic acids is 2. The van der Waals surface area contributed by atoms with Gasteiger partial charge in [-0.3, -0.25) is 4.79 Å². The molecule has 7 nitrogen and oxygen atoms in total. The number of anilines is 1. The number of fused-ring (bicyclic) bond motifs is 1. The maximum Gasteiger partial charge on any atom is 0.322 e. The van der Waals surface area contributed by atoms with Crippen molar-refractivity contribution in [1.29, 1.82) is 0 Å². The van der Waals surface area contributed by atoms with Gasteiger partial charge < -0.3 is 24.8 Å². The van der Waals surface area contributed by atoms with Gasteiger partial charge in [-0.2, -0.15) is 0 Å². The first-order chi connectivity index (χ1) is 18.5. The Morgan fingerprint density at radius 2 is 1.61 bits per heavy atom. The van der Waals surface area contributed by atoms with E-state index in [4.69, 9.17) is 27.9 Å². The minimum atomic E-state index is -0.485. The number of nitrogens with zero attached hydrogens (tertiary/aromatic N) is 2. The summed E-state index contributed by atoms with van der Waals surface area (Å²) in [4.78, 5) is 33.3. The molecule has 0 aliphatic heterocycles. The van der Waals surface area contributed by atoms with E-state index in [1.54, 1.807) is 30.2 Å². The van der Waals surface area contributed by atoms with Gasteiger partial charge in [-0.25, -0.2) is 4.79 Å². The minimum Gasteiger partial charge on any atom is -0.383 e. The maximum absolute atomic E-state index is 13.6. The number of hydrogen-bond acceptors (Lipinski definition) is 3. The Morgan fingerprint density at radius 3 is 2.34 bits per heavy atom. The number of aromatic amines is 1. The van der Waals surface area contributed by atoms with Gasteiger partial charge in [0.2, 0.25) is 5.91 Å². The molecular weight excluding hydrogens is 523 g/mol. The van der Waals surface area contributed by atoms with Gasteiger partial charge in [-0.05, 0) is 35.7 Å². The van der Waals surface area contributed by atoms with E-state index in [1.807, 2.05) is 54.7 Å². The Balaban J connectivity index is 1.51. The summed E-state index contributed by atoms with van der Waals surface area (Å²) in [5, 5.41) is 4.51. The molecule has 0 fully saturated rings. The lowest BCUT2D eigenvalue weighted by molar-refractivity contribution is -0.132. The van der Waals surface area contributed by atoms with E-state index in [-0.39, 0.29) is 25.6 Å². The van der Waals surface area contributed by atoms with Crippen LogP contribution in [0.5, 0.6) is 0 Å². The monoisotopic (exact) mass is 552 g/mol. The SMILES string of the molecule is COCCN(CC(=O)N(CCc1c[nH]c2ccccc12)Cc1ccccc1)C(=O)Nc1c(Cl)cccc1Cl. The first kappa shape index (κ1) is 27.5. The zero-order valence-electron chi connectivity index (χ0n) is 21.1. The highest BCUT2D eigenvalue weighted by Gasteiger charge is 2.23. The van der Waals surface area contributed by atoms with Crippen LogP contribution in [-0.4, -0.2) is 60.1 Å². The standard InChI is InChI=1S/C29H30Cl2N4O3/c1-38-17-16-35(29(37)33-28-24(30)11-7-12-25(28)31)20-27(36)34(19-21-8-3-2-4-9-21)15-14-22-18-32-26-13-6-5-10-23(22)26/h2-13,18,32H,14-17,19-20H2,1H3,(H,33,37). The Bertz CT molecular complexity index is 1360. The van der Waals surface area contributed by atoms with Crippen molar-refractivity contribution in [2.45, 2.75) is 13.0 Å². The average molecular weight is 553 g/mol. The quantitative estimate of drug-likeness (QED) is 0.231. The van der Waals surface area contributed by atoms with Crippen LogP contribution in [0.3, 0.4) is 0 Å². The third-order valence-electron chi connectivity index (χ3n) is 6.27. The highest BCUT2D eigenvalue weighted by atomic mass is 35.5. The molecule has 0 radical (unpaired) electrons. The van der Waals surface area contributed by atoms with Crippen LogP contribution < -0.4 is 5.32 Å². The number of carbonyl (C=O) groups is 2. The molecule has 4 rings (SSSR count). The first-order valence-electron chi connectivity index (χ1n) is 12.3. The largest absolute Gasteiger partial charge is 0.383 e. The summed E-state index contributed by atoms with van der Waals surface area (Å²) in [6, 6.07) is 22.4. The molecule has 0 saturated heterocycles. The number of para-hydroxylation sites is 2. The van der Waals surface area contributed by atoms with Crippen LogP contribution in [0.4, 0.5) is 10.5 Å². The van der Waals surface area contributed by atoms with Crippen LogP contribution >= 0.6 is 23.2 Å². The van der Waals surface area contributed by atoms with Crippen LogP contribution in [0.1, 0.15) is 11.1 Å². The number of rotatable bonds is 11. The highest BCUT2D eigenvalue weighted by molar-refractivity contribution is 6.39. The van der Waals surface area contributed by atoms with Crippen LogP contribution in [0.15, 0.2) is 79.0 Å². The van der Waals surface area contributed by atoms with Crippen molar-refractivity contribution in [3.63, 3.8) is 0 Å². The van der Waals surface area contributed by atoms with Gasteiger partial charge in [0.15, 0.2) is 0 Å². The maximum atomic E-state index is 13.6. The molecule has 0 aliphatic carbocycles. The number of hydrogen-bond donors (Lipinski definition) is 2. The molecule has 1 heterocycles. The summed E-state index contributed by atoms with van der Waals surface area (Å²) in [5.74, 6) is -0.176. The second-order valence-corrected chi connectivity index (χ2v) is 9.67. The number of methoxy groups -OCH3 is 1. The number of halogens is 2. The Hall–Kier alpha value is -3.52. The number of H-pyrrole nitrogens is 1. The predicted molar refractivity (Wildman–Crippen MR) is 153 cm³/mol. The number of nitrogens with one attached hydrogen (secondary N) is 2. The molecular formula is C29H30Cl2N4O3. The molecule has 1 aromatic heterocycles. The minimum absolute atomic E-state index is 0.127. The molecule has 9 heteroatoms. The summed E-state index contributed by atoms with van der Waals surface area (Å²) in [5.41, 5.74) is 3.50. The van der Waals surface area contributed by atoms with E-state index in [1.165, 1.54) is 4.90 Å². The Morgan fingerprint density at radius 1 is 0.895 bits per heavy atom.